The summed E-state index contributed by atoms with van der Waals surface area (Å²) < 4.78 is 0. The summed E-state index contributed by atoms with van der Waals surface area (Å²) in [7, 11) is 0. The molecular weight excluding hydrogens is 474 g/mol. The average molecular weight is 520 g/mol. The van der Waals surface area contributed by atoms with Crippen molar-refractivity contribution < 1.29 is 4.79 Å². The zero-order chi connectivity index (χ0) is 28.2. The number of unbranched alkanes of at least 4 members (excludes halogenated alkanes) is 2. The second-order valence-electron chi connectivity index (χ2n) is 10.4. The molecule has 3 aromatic carbocycles. The highest BCUT2D eigenvalue weighted by Gasteiger charge is 2.20. The third kappa shape index (κ3) is 8.17. The summed E-state index contributed by atoms with van der Waals surface area (Å²) in [6, 6.07) is 24.1. The Kier molecular flexibility index (Phi) is 11.6. The van der Waals surface area contributed by atoms with Gasteiger partial charge in [0.2, 0.25) is 0 Å². The lowest BCUT2D eigenvalue weighted by molar-refractivity contribution is -0.117. The zero-order valence-electron chi connectivity index (χ0n) is 24.6. The number of amides is 1. The summed E-state index contributed by atoms with van der Waals surface area (Å²) in [5, 5.41) is 3.07. The Labute approximate surface area is 236 Å². The standard InChI is InChI=1S/C37H45NO/c1-7-10-13-30-19-23-31(24-20-30)34-14-12-15-35(36(34)32-21-16-28(5)17-22-32)33(25-18-27(4)9-3)29(6)37(39)38-26-11-8-2/h12,14-25H,6-11,13,26H2,1-5H3,(H,38,39)/b27-18+,33-25+. The van der Waals surface area contributed by atoms with Crippen LogP contribution in [0.15, 0.2) is 96.6 Å². The fourth-order valence-electron chi connectivity index (χ4n) is 4.58. The number of benzene rings is 3. The topological polar surface area (TPSA) is 29.1 Å². The molecule has 0 unspecified atom stereocenters. The lowest BCUT2D eigenvalue weighted by atomic mass is 9.84. The van der Waals surface area contributed by atoms with Gasteiger partial charge in [-0.1, -0.05) is 130 Å². The van der Waals surface area contributed by atoms with Crippen LogP contribution < -0.4 is 5.32 Å². The Morgan fingerprint density at radius 1 is 0.846 bits per heavy atom. The number of rotatable bonds is 13. The van der Waals surface area contributed by atoms with E-state index in [-0.39, 0.29) is 5.91 Å². The van der Waals surface area contributed by atoms with E-state index in [1.165, 1.54) is 35.1 Å². The van der Waals surface area contributed by atoms with E-state index in [9.17, 15) is 4.79 Å². The molecule has 0 fully saturated rings. The molecule has 0 spiro atoms. The molecule has 3 aromatic rings. The van der Waals surface area contributed by atoms with Crippen LogP contribution in [-0.4, -0.2) is 12.5 Å². The minimum absolute atomic E-state index is 0.113. The van der Waals surface area contributed by atoms with Gasteiger partial charge in [-0.15, -0.1) is 0 Å². The molecule has 0 radical (unpaired) electrons. The van der Waals surface area contributed by atoms with Gasteiger partial charge >= 0.3 is 0 Å². The zero-order valence-corrected chi connectivity index (χ0v) is 24.6. The van der Waals surface area contributed by atoms with Gasteiger partial charge in [0.1, 0.15) is 0 Å². The van der Waals surface area contributed by atoms with Crippen LogP contribution >= 0.6 is 0 Å². The Balaban J connectivity index is 2.22. The Morgan fingerprint density at radius 2 is 1.51 bits per heavy atom. The summed E-state index contributed by atoms with van der Waals surface area (Å²) in [6.07, 6.45) is 10.6. The van der Waals surface area contributed by atoms with E-state index in [4.69, 9.17) is 0 Å². The number of nitrogens with one attached hydrogen (secondary N) is 1. The molecule has 0 saturated carbocycles. The first-order valence-electron chi connectivity index (χ1n) is 14.5. The summed E-state index contributed by atoms with van der Waals surface area (Å²) in [5.41, 5.74) is 10.8. The number of aryl methyl sites for hydroxylation is 2. The number of hydrogen-bond acceptors (Lipinski definition) is 1. The van der Waals surface area contributed by atoms with Crippen molar-refractivity contribution in [2.24, 2.45) is 0 Å². The number of carbonyl (C=O) groups excluding carboxylic acids is 1. The monoisotopic (exact) mass is 519 g/mol. The second kappa shape index (κ2) is 15.1. The van der Waals surface area contributed by atoms with E-state index in [0.29, 0.717) is 12.1 Å². The SMILES string of the molecule is C=C(C(=O)NCCCC)/C(=C\C=C(/C)CC)c1cccc(-c2ccc(CCCC)cc2)c1-c1ccc(C)cc1. The van der Waals surface area contributed by atoms with Gasteiger partial charge in [-0.3, -0.25) is 4.79 Å². The normalized spacial score (nSPS) is 11.9. The lowest BCUT2D eigenvalue weighted by Crippen LogP contribution is -2.26. The van der Waals surface area contributed by atoms with Crippen LogP contribution in [0.5, 0.6) is 0 Å². The van der Waals surface area contributed by atoms with Crippen molar-refractivity contribution >= 4 is 11.5 Å². The van der Waals surface area contributed by atoms with Crippen LogP contribution in [0.3, 0.4) is 0 Å². The van der Waals surface area contributed by atoms with Crippen LogP contribution in [0.4, 0.5) is 0 Å². The van der Waals surface area contributed by atoms with E-state index < -0.39 is 0 Å². The fourth-order valence-corrected chi connectivity index (χ4v) is 4.58. The number of hydrogen-bond donors (Lipinski definition) is 1. The van der Waals surface area contributed by atoms with E-state index in [2.05, 4.69) is 125 Å². The van der Waals surface area contributed by atoms with Crippen molar-refractivity contribution in [3.05, 3.63) is 113 Å². The maximum absolute atomic E-state index is 13.2. The molecular formula is C37H45NO. The van der Waals surface area contributed by atoms with E-state index in [1.54, 1.807) is 0 Å². The van der Waals surface area contributed by atoms with Gasteiger partial charge in [0.05, 0.1) is 0 Å². The third-order valence-electron chi connectivity index (χ3n) is 7.29. The molecule has 0 heterocycles. The maximum atomic E-state index is 13.2. The third-order valence-corrected chi connectivity index (χ3v) is 7.29. The molecule has 0 bridgehead atoms. The van der Waals surface area contributed by atoms with Crippen LogP contribution in [-0.2, 0) is 11.2 Å². The van der Waals surface area contributed by atoms with Crippen molar-refractivity contribution in [3.63, 3.8) is 0 Å². The lowest BCUT2D eigenvalue weighted by Gasteiger charge is -2.20. The number of allylic oxidation sites excluding steroid dienone is 3. The van der Waals surface area contributed by atoms with Gasteiger partial charge in [0.15, 0.2) is 0 Å². The van der Waals surface area contributed by atoms with Crippen molar-refractivity contribution in [1.29, 1.82) is 0 Å². The van der Waals surface area contributed by atoms with Crippen LogP contribution in [0.1, 0.15) is 76.5 Å². The minimum atomic E-state index is -0.113. The molecule has 2 heteroatoms. The maximum Gasteiger partial charge on any atom is 0.251 e. The minimum Gasteiger partial charge on any atom is -0.352 e. The van der Waals surface area contributed by atoms with Crippen LogP contribution in [0.25, 0.3) is 27.8 Å². The van der Waals surface area contributed by atoms with Gasteiger partial charge < -0.3 is 5.32 Å². The van der Waals surface area contributed by atoms with E-state index in [0.717, 1.165) is 53.5 Å². The molecule has 2 nitrogen and oxygen atoms in total. The van der Waals surface area contributed by atoms with Crippen LogP contribution in [0.2, 0.25) is 0 Å². The highest BCUT2D eigenvalue weighted by Crippen LogP contribution is 2.40. The summed E-state index contributed by atoms with van der Waals surface area (Å²) in [6.45, 7) is 15.7. The largest absolute Gasteiger partial charge is 0.352 e. The molecule has 0 atom stereocenters. The molecule has 0 saturated heterocycles. The van der Waals surface area contributed by atoms with Gasteiger partial charge in [0, 0.05) is 12.1 Å². The molecule has 3 rings (SSSR count). The first-order chi connectivity index (χ1) is 18.9. The van der Waals surface area contributed by atoms with Crippen molar-refractivity contribution in [2.75, 3.05) is 6.54 Å². The Morgan fingerprint density at radius 3 is 2.15 bits per heavy atom. The average Bonchev–Trinajstić information content (AvgIpc) is 2.96. The van der Waals surface area contributed by atoms with Gasteiger partial charge in [-0.2, -0.15) is 0 Å². The van der Waals surface area contributed by atoms with Crippen molar-refractivity contribution in [1.82, 2.24) is 5.32 Å². The van der Waals surface area contributed by atoms with Crippen LogP contribution in [0, 0.1) is 6.92 Å². The fraction of sp³-hybridized carbons (Fsp3) is 0.324. The molecule has 0 aliphatic rings. The highest BCUT2D eigenvalue weighted by molar-refractivity contribution is 6.11. The van der Waals surface area contributed by atoms with Gasteiger partial charge in [0.25, 0.3) is 5.91 Å². The predicted octanol–water partition coefficient (Wildman–Crippen LogP) is 9.88. The second-order valence-corrected chi connectivity index (χ2v) is 10.4. The summed E-state index contributed by atoms with van der Waals surface area (Å²) in [4.78, 5) is 13.2. The number of carbonyl (C=O) groups is 1. The first-order valence-corrected chi connectivity index (χ1v) is 14.5. The Bertz CT molecular complexity index is 1310. The molecule has 0 aliphatic carbocycles. The summed E-state index contributed by atoms with van der Waals surface area (Å²) in [5.74, 6) is -0.113. The molecule has 0 aromatic heterocycles. The van der Waals surface area contributed by atoms with Crippen molar-refractivity contribution in [3.8, 4) is 22.3 Å². The van der Waals surface area contributed by atoms with Crippen molar-refractivity contribution in [2.45, 2.75) is 73.1 Å². The smallest absolute Gasteiger partial charge is 0.251 e. The molecule has 39 heavy (non-hydrogen) atoms. The molecule has 0 aliphatic heterocycles. The quantitative estimate of drug-likeness (QED) is 0.136. The molecule has 1 N–H and O–H groups in total. The Hall–Kier alpha value is -3.65. The molecule has 204 valence electrons. The van der Waals surface area contributed by atoms with Gasteiger partial charge in [-0.25, -0.2) is 0 Å². The van der Waals surface area contributed by atoms with E-state index in [1.807, 2.05) is 0 Å². The first kappa shape index (κ1) is 29.9. The predicted molar refractivity (Wildman–Crippen MR) is 170 cm³/mol. The van der Waals surface area contributed by atoms with Gasteiger partial charge in [-0.05, 0) is 78.5 Å². The highest BCUT2D eigenvalue weighted by atomic mass is 16.1. The summed E-state index contributed by atoms with van der Waals surface area (Å²) >= 11 is 0. The molecule has 1 amide bonds. The van der Waals surface area contributed by atoms with E-state index >= 15 is 0 Å².